The van der Waals surface area contributed by atoms with Gasteiger partial charge in [0.15, 0.2) is 11.6 Å². The number of carbonyl (C=O) groups is 3. The topological polar surface area (TPSA) is 86.5 Å². The summed E-state index contributed by atoms with van der Waals surface area (Å²) in [4.78, 5) is 41.2. The molecule has 3 aromatic rings. The van der Waals surface area contributed by atoms with Crippen LogP contribution in [0.5, 0.6) is 0 Å². The van der Waals surface area contributed by atoms with E-state index in [-0.39, 0.29) is 35.0 Å². The van der Waals surface area contributed by atoms with E-state index in [2.05, 4.69) is 6.92 Å². The second kappa shape index (κ2) is 12.8. The highest BCUT2D eigenvalue weighted by molar-refractivity contribution is 6.24. The van der Waals surface area contributed by atoms with Gasteiger partial charge in [-0.3, -0.25) is 9.59 Å². The number of benzene rings is 3. The lowest BCUT2D eigenvalue weighted by Gasteiger charge is -2.23. The molecule has 0 unspecified atom stereocenters. The standard InChI is InChI=1S/C31H35NO4/c1-4-7-8-15-20-24-25(31(35)36-6-3)23(5-2)28(32)27(30(34)22-18-13-10-14-19-22)26(24)29(33)21-16-11-9-12-17-21/h9-14,16-19H,4-8,15,20,32H2,1-3H3. The van der Waals surface area contributed by atoms with Gasteiger partial charge in [-0.15, -0.1) is 0 Å². The van der Waals surface area contributed by atoms with Gasteiger partial charge in [0.05, 0.1) is 17.7 Å². The molecular formula is C31H35NO4. The molecular weight excluding hydrogens is 450 g/mol. The Hall–Kier alpha value is -3.73. The van der Waals surface area contributed by atoms with Crippen molar-refractivity contribution >= 4 is 23.2 Å². The van der Waals surface area contributed by atoms with E-state index in [1.54, 1.807) is 55.5 Å². The number of carbonyl (C=O) groups excluding carboxylic acids is 3. The van der Waals surface area contributed by atoms with Crippen molar-refractivity contribution in [2.75, 3.05) is 12.3 Å². The zero-order chi connectivity index (χ0) is 26.1. The first-order valence-electron chi connectivity index (χ1n) is 12.8. The highest BCUT2D eigenvalue weighted by atomic mass is 16.5. The minimum atomic E-state index is -0.507. The Morgan fingerprint density at radius 2 is 1.25 bits per heavy atom. The lowest BCUT2D eigenvalue weighted by Crippen LogP contribution is -2.23. The van der Waals surface area contributed by atoms with Crippen molar-refractivity contribution in [3.63, 3.8) is 0 Å². The largest absolute Gasteiger partial charge is 0.462 e. The highest BCUT2D eigenvalue weighted by Gasteiger charge is 2.32. The zero-order valence-corrected chi connectivity index (χ0v) is 21.4. The summed E-state index contributed by atoms with van der Waals surface area (Å²) in [6, 6.07) is 17.6. The van der Waals surface area contributed by atoms with Crippen molar-refractivity contribution in [3.8, 4) is 0 Å². The number of hydrogen-bond acceptors (Lipinski definition) is 5. The van der Waals surface area contributed by atoms with E-state index in [0.29, 0.717) is 40.7 Å². The maximum atomic E-state index is 14.0. The zero-order valence-electron chi connectivity index (χ0n) is 21.4. The average Bonchev–Trinajstić information content (AvgIpc) is 2.91. The molecule has 3 rings (SSSR count). The van der Waals surface area contributed by atoms with Crippen LogP contribution in [0.4, 0.5) is 5.69 Å². The van der Waals surface area contributed by atoms with Crippen molar-refractivity contribution in [2.45, 2.75) is 59.3 Å². The summed E-state index contributed by atoms with van der Waals surface area (Å²) in [6.45, 7) is 5.97. The van der Waals surface area contributed by atoms with Crippen molar-refractivity contribution < 1.29 is 19.1 Å². The van der Waals surface area contributed by atoms with Crippen LogP contribution >= 0.6 is 0 Å². The Kier molecular flexibility index (Phi) is 9.57. The molecule has 3 aromatic carbocycles. The fourth-order valence-corrected chi connectivity index (χ4v) is 4.63. The first kappa shape index (κ1) is 26.9. The van der Waals surface area contributed by atoms with Crippen LogP contribution in [0.3, 0.4) is 0 Å². The van der Waals surface area contributed by atoms with E-state index in [1.807, 2.05) is 19.1 Å². The van der Waals surface area contributed by atoms with E-state index >= 15 is 0 Å². The summed E-state index contributed by atoms with van der Waals surface area (Å²) in [6.07, 6.45) is 4.73. The minimum absolute atomic E-state index is 0.172. The second-order valence-electron chi connectivity index (χ2n) is 8.77. The number of unbranched alkanes of at least 4 members (excludes halogenated alkanes) is 3. The number of nitrogens with two attached hydrogens (primary N) is 1. The molecule has 0 fully saturated rings. The Bertz CT molecular complexity index is 1220. The smallest absolute Gasteiger partial charge is 0.338 e. The molecule has 0 aliphatic rings. The van der Waals surface area contributed by atoms with Crippen molar-refractivity contribution in [2.24, 2.45) is 0 Å². The minimum Gasteiger partial charge on any atom is -0.462 e. The van der Waals surface area contributed by atoms with Crippen molar-refractivity contribution in [1.29, 1.82) is 0 Å². The highest BCUT2D eigenvalue weighted by Crippen LogP contribution is 2.36. The fraction of sp³-hybridized carbons (Fsp3) is 0.323. The second-order valence-corrected chi connectivity index (χ2v) is 8.77. The molecule has 2 N–H and O–H groups in total. The third-order valence-corrected chi connectivity index (χ3v) is 6.39. The van der Waals surface area contributed by atoms with Crippen LogP contribution < -0.4 is 5.73 Å². The number of esters is 1. The predicted molar refractivity (Wildman–Crippen MR) is 144 cm³/mol. The number of anilines is 1. The van der Waals surface area contributed by atoms with E-state index in [1.165, 1.54) is 0 Å². The van der Waals surface area contributed by atoms with Gasteiger partial charge in [-0.1, -0.05) is 93.8 Å². The van der Waals surface area contributed by atoms with E-state index in [4.69, 9.17) is 10.5 Å². The lowest BCUT2D eigenvalue weighted by molar-refractivity contribution is 0.0523. The van der Waals surface area contributed by atoms with Crippen molar-refractivity contribution in [3.05, 3.63) is 99.6 Å². The molecule has 0 amide bonds. The number of rotatable bonds is 12. The van der Waals surface area contributed by atoms with Gasteiger partial charge < -0.3 is 10.5 Å². The monoisotopic (exact) mass is 485 g/mol. The molecule has 0 radical (unpaired) electrons. The fourth-order valence-electron chi connectivity index (χ4n) is 4.63. The van der Waals surface area contributed by atoms with Gasteiger partial charge in [0.25, 0.3) is 0 Å². The van der Waals surface area contributed by atoms with Crippen LogP contribution in [0.25, 0.3) is 0 Å². The van der Waals surface area contributed by atoms with Crippen molar-refractivity contribution in [1.82, 2.24) is 0 Å². The molecule has 0 spiro atoms. The molecule has 0 heterocycles. The maximum Gasteiger partial charge on any atom is 0.338 e. The van der Waals surface area contributed by atoms with Crippen LogP contribution in [0, 0.1) is 0 Å². The molecule has 5 nitrogen and oxygen atoms in total. The van der Waals surface area contributed by atoms with Gasteiger partial charge in [0.2, 0.25) is 0 Å². The summed E-state index contributed by atoms with van der Waals surface area (Å²) in [5.41, 5.74) is 9.53. The summed E-state index contributed by atoms with van der Waals surface area (Å²) in [5, 5.41) is 0. The van der Waals surface area contributed by atoms with E-state index in [0.717, 1.165) is 25.7 Å². The van der Waals surface area contributed by atoms with Gasteiger partial charge >= 0.3 is 5.97 Å². The van der Waals surface area contributed by atoms with E-state index < -0.39 is 5.97 Å². The van der Waals surface area contributed by atoms with Gasteiger partial charge in [-0.25, -0.2) is 4.79 Å². The molecule has 0 aliphatic carbocycles. The maximum absolute atomic E-state index is 14.0. The number of hydrogen-bond donors (Lipinski definition) is 1. The lowest BCUT2D eigenvalue weighted by atomic mass is 9.81. The predicted octanol–water partition coefficient (Wildman–Crippen LogP) is 6.59. The van der Waals surface area contributed by atoms with Crippen LogP contribution in [0.15, 0.2) is 60.7 Å². The molecule has 36 heavy (non-hydrogen) atoms. The van der Waals surface area contributed by atoms with Gasteiger partial charge in [0.1, 0.15) is 0 Å². The third-order valence-electron chi connectivity index (χ3n) is 6.39. The quantitative estimate of drug-likeness (QED) is 0.135. The SMILES string of the molecule is CCCCCCc1c(C(=O)OCC)c(CC)c(N)c(C(=O)c2ccccc2)c1C(=O)c1ccccc1. The van der Waals surface area contributed by atoms with Crippen LogP contribution in [-0.2, 0) is 17.6 Å². The van der Waals surface area contributed by atoms with Crippen LogP contribution in [-0.4, -0.2) is 24.1 Å². The molecule has 0 aromatic heterocycles. The molecule has 0 saturated heterocycles. The molecule has 0 bridgehead atoms. The van der Waals surface area contributed by atoms with Gasteiger partial charge in [-0.05, 0) is 37.3 Å². The molecule has 0 saturated carbocycles. The Morgan fingerprint density at radius 3 is 1.75 bits per heavy atom. The van der Waals surface area contributed by atoms with E-state index in [9.17, 15) is 14.4 Å². The Morgan fingerprint density at radius 1 is 0.694 bits per heavy atom. The molecule has 0 aliphatic heterocycles. The van der Waals surface area contributed by atoms with Crippen LogP contribution in [0.2, 0.25) is 0 Å². The number of ketones is 2. The third kappa shape index (κ3) is 5.73. The summed E-state index contributed by atoms with van der Waals surface area (Å²) in [7, 11) is 0. The summed E-state index contributed by atoms with van der Waals surface area (Å²) < 4.78 is 5.43. The molecule has 0 atom stereocenters. The average molecular weight is 486 g/mol. The number of ether oxygens (including phenoxy) is 1. The Labute approximate surface area is 213 Å². The first-order valence-corrected chi connectivity index (χ1v) is 12.8. The van der Waals surface area contributed by atoms with Crippen LogP contribution in [0.1, 0.15) is 99.8 Å². The number of nitrogen functional groups attached to an aromatic ring is 1. The van der Waals surface area contributed by atoms with Gasteiger partial charge in [-0.2, -0.15) is 0 Å². The molecule has 188 valence electrons. The summed E-state index contributed by atoms with van der Waals surface area (Å²) in [5.74, 6) is -1.15. The van der Waals surface area contributed by atoms with Gasteiger partial charge in [0, 0.05) is 22.4 Å². The molecule has 5 heteroatoms. The Balaban J connectivity index is 2.39. The summed E-state index contributed by atoms with van der Waals surface area (Å²) >= 11 is 0. The normalized spacial score (nSPS) is 10.8. The first-order chi connectivity index (χ1) is 17.5.